The first-order valence-electron chi connectivity index (χ1n) is 6.42. The summed E-state index contributed by atoms with van der Waals surface area (Å²) < 4.78 is 20.0. The van der Waals surface area contributed by atoms with E-state index >= 15 is 0 Å². The molecule has 0 saturated carbocycles. The molecule has 2 heterocycles. The van der Waals surface area contributed by atoms with Gasteiger partial charge in [-0.3, -0.25) is 0 Å². The summed E-state index contributed by atoms with van der Waals surface area (Å²) in [5.41, 5.74) is 1.16. The molecule has 0 aliphatic carbocycles. The Bertz CT molecular complexity index is 1000. The van der Waals surface area contributed by atoms with Crippen LogP contribution in [-0.2, 0) is 0 Å². The Morgan fingerprint density at radius 3 is 2.95 bits per heavy atom. The molecule has 0 amide bonds. The molecule has 4 nitrogen and oxygen atoms in total. The van der Waals surface area contributed by atoms with Crippen LogP contribution in [0.15, 0.2) is 47.3 Å². The van der Waals surface area contributed by atoms with E-state index in [1.54, 1.807) is 12.3 Å². The van der Waals surface area contributed by atoms with Crippen molar-refractivity contribution in [2.24, 2.45) is 0 Å². The van der Waals surface area contributed by atoms with Crippen LogP contribution in [0.3, 0.4) is 0 Å². The molecule has 0 spiro atoms. The Morgan fingerprint density at radius 1 is 1.14 bits per heavy atom. The SMILES string of the molecule is Fc1c(Nc2ncnc3ccc(Br)cc23)ccc2cnsc12. The number of fused-ring (bicyclic) bond motifs is 2. The Labute approximate surface area is 137 Å². The Balaban J connectivity index is 1.85. The maximum absolute atomic E-state index is 14.5. The van der Waals surface area contributed by atoms with Crippen LogP contribution in [0.1, 0.15) is 0 Å². The molecular formula is C15H8BrFN4S. The molecule has 0 fully saturated rings. The van der Waals surface area contributed by atoms with E-state index in [2.05, 4.69) is 35.6 Å². The quantitative estimate of drug-likeness (QED) is 0.542. The fraction of sp³-hybridized carbons (Fsp3) is 0. The Kier molecular flexibility index (Phi) is 3.24. The number of rotatable bonds is 2. The van der Waals surface area contributed by atoms with Gasteiger partial charge in [0, 0.05) is 21.4 Å². The Morgan fingerprint density at radius 2 is 2.05 bits per heavy atom. The number of anilines is 2. The first-order chi connectivity index (χ1) is 10.7. The second kappa shape index (κ2) is 5.26. The van der Waals surface area contributed by atoms with Crippen LogP contribution in [0, 0.1) is 5.82 Å². The highest BCUT2D eigenvalue weighted by Gasteiger charge is 2.12. The molecule has 2 aromatic carbocycles. The summed E-state index contributed by atoms with van der Waals surface area (Å²) in [6, 6.07) is 9.22. The molecule has 108 valence electrons. The summed E-state index contributed by atoms with van der Waals surface area (Å²) in [6.07, 6.45) is 3.12. The van der Waals surface area contributed by atoms with E-state index in [0.29, 0.717) is 16.2 Å². The van der Waals surface area contributed by atoms with Crippen molar-refractivity contribution in [2.75, 3.05) is 5.32 Å². The fourth-order valence-electron chi connectivity index (χ4n) is 2.25. The molecule has 2 aromatic heterocycles. The largest absolute Gasteiger partial charge is 0.337 e. The minimum atomic E-state index is -0.318. The van der Waals surface area contributed by atoms with Crippen LogP contribution in [0.4, 0.5) is 15.9 Å². The van der Waals surface area contributed by atoms with Crippen molar-refractivity contribution >= 4 is 60.0 Å². The van der Waals surface area contributed by atoms with Crippen molar-refractivity contribution in [1.82, 2.24) is 14.3 Å². The van der Waals surface area contributed by atoms with Crippen molar-refractivity contribution in [3.05, 3.63) is 53.1 Å². The molecule has 0 radical (unpaired) electrons. The first kappa shape index (κ1) is 13.5. The van der Waals surface area contributed by atoms with Crippen LogP contribution >= 0.6 is 27.5 Å². The summed E-state index contributed by atoms with van der Waals surface area (Å²) in [5, 5.41) is 4.67. The number of hydrogen-bond donors (Lipinski definition) is 1. The van der Waals surface area contributed by atoms with Gasteiger partial charge in [-0.2, -0.15) is 4.37 Å². The normalized spacial score (nSPS) is 11.2. The molecule has 0 unspecified atom stereocenters. The summed E-state index contributed by atoms with van der Waals surface area (Å²) in [7, 11) is 0. The molecular weight excluding hydrogens is 367 g/mol. The molecule has 22 heavy (non-hydrogen) atoms. The second-order valence-corrected chi connectivity index (χ2v) is 6.40. The molecule has 4 aromatic rings. The first-order valence-corrected chi connectivity index (χ1v) is 7.99. The monoisotopic (exact) mass is 374 g/mol. The third-order valence-electron chi connectivity index (χ3n) is 3.31. The van der Waals surface area contributed by atoms with Crippen molar-refractivity contribution in [2.45, 2.75) is 0 Å². The van der Waals surface area contributed by atoms with Gasteiger partial charge in [-0.15, -0.1) is 0 Å². The minimum absolute atomic E-state index is 0.318. The fourth-order valence-corrected chi connectivity index (χ4v) is 3.30. The van der Waals surface area contributed by atoms with Gasteiger partial charge in [-0.25, -0.2) is 14.4 Å². The lowest BCUT2D eigenvalue weighted by Crippen LogP contribution is -1.98. The van der Waals surface area contributed by atoms with Gasteiger partial charge in [-0.1, -0.05) is 15.9 Å². The number of aromatic nitrogens is 3. The molecule has 0 aliphatic rings. The van der Waals surface area contributed by atoms with E-state index in [-0.39, 0.29) is 5.82 Å². The smallest absolute Gasteiger partial charge is 0.166 e. The highest BCUT2D eigenvalue weighted by Crippen LogP contribution is 2.31. The number of nitrogens with one attached hydrogen (secondary N) is 1. The van der Waals surface area contributed by atoms with Crippen molar-refractivity contribution < 1.29 is 4.39 Å². The van der Waals surface area contributed by atoms with Crippen molar-refractivity contribution in [1.29, 1.82) is 0 Å². The average Bonchev–Trinajstić information content (AvgIpc) is 3.00. The molecule has 4 rings (SSSR count). The molecule has 0 atom stereocenters. The zero-order valence-corrected chi connectivity index (χ0v) is 13.4. The summed E-state index contributed by atoms with van der Waals surface area (Å²) in [5.74, 6) is 0.246. The lowest BCUT2D eigenvalue weighted by atomic mass is 10.2. The molecule has 0 aliphatic heterocycles. The Hall–Kier alpha value is -2.12. The predicted molar refractivity (Wildman–Crippen MR) is 90.1 cm³/mol. The molecule has 1 N–H and O–H groups in total. The van der Waals surface area contributed by atoms with Gasteiger partial charge < -0.3 is 5.32 Å². The third-order valence-corrected chi connectivity index (χ3v) is 4.62. The zero-order valence-electron chi connectivity index (χ0n) is 11.0. The highest BCUT2D eigenvalue weighted by atomic mass is 79.9. The van der Waals surface area contributed by atoms with E-state index in [1.165, 1.54) is 6.33 Å². The van der Waals surface area contributed by atoms with Gasteiger partial charge >= 0.3 is 0 Å². The van der Waals surface area contributed by atoms with E-state index < -0.39 is 0 Å². The van der Waals surface area contributed by atoms with E-state index in [9.17, 15) is 4.39 Å². The maximum Gasteiger partial charge on any atom is 0.166 e. The van der Waals surface area contributed by atoms with Gasteiger partial charge in [0.1, 0.15) is 12.1 Å². The van der Waals surface area contributed by atoms with Gasteiger partial charge in [0.25, 0.3) is 0 Å². The van der Waals surface area contributed by atoms with Crippen LogP contribution in [-0.4, -0.2) is 14.3 Å². The number of nitrogens with zero attached hydrogens (tertiary/aromatic N) is 3. The highest BCUT2D eigenvalue weighted by molar-refractivity contribution is 9.10. The number of halogens is 2. The predicted octanol–water partition coefficient (Wildman–Crippen LogP) is 4.88. The summed E-state index contributed by atoms with van der Waals surface area (Å²) >= 11 is 4.57. The van der Waals surface area contributed by atoms with Crippen molar-refractivity contribution in [3.63, 3.8) is 0 Å². The maximum atomic E-state index is 14.5. The van der Waals surface area contributed by atoms with E-state index in [1.807, 2.05) is 24.3 Å². The van der Waals surface area contributed by atoms with Gasteiger partial charge in [0.15, 0.2) is 5.82 Å². The zero-order chi connectivity index (χ0) is 15.1. The topological polar surface area (TPSA) is 50.7 Å². The summed E-state index contributed by atoms with van der Waals surface area (Å²) in [6.45, 7) is 0. The number of benzene rings is 2. The van der Waals surface area contributed by atoms with Crippen LogP contribution in [0.25, 0.3) is 21.0 Å². The lowest BCUT2D eigenvalue weighted by molar-refractivity contribution is 0.645. The van der Waals surface area contributed by atoms with Gasteiger partial charge in [0.2, 0.25) is 0 Å². The molecule has 7 heteroatoms. The second-order valence-electron chi connectivity index (χ2n) is 4.68. The third kappa shape index (κ3) is 2.22. The standard InChI is InChI=1S/C15H8BrFN4S/c16-9-2-4-11-10(5-9)15(19-7-18-11)21-12-3-1-8-6-20-22-14(8)13(12)17/h1-7H,(H,18,19,21). The van der Waals surface area contributed by atoms with Crippen LogP contribution in [0.5, 0.6) is 0 Å². The van der Waals surface area contributed by atoms with E-state index in [0.717, 1.165) is 32.3 Å². The molecule has 0 saturated heterocycles. The number of hydrogen-bond acceptors (Lipinski definition) is 5. The average molecular weight is 375 g/mol. The van der Waals surface area contributed by atoms with Crippen LogP contribution in [0.2, 0.25) is 0 Å². The van der Waals surface area contributed by atoms with Crippen LogP contribution < -0.4 is 5.32 Å². The van der Waals surface area contributed by atoms with E-state index in [4.69, 9.17) is 0 Å². The van der Waals surface area contributed by atoms with Gasteiger partial charge in [-0.05, 0) is 41.9 Å². The lowest BCUT2D eigenvalue weighted by Gasteiger charge is -2.09. The molecule has 0 bridgehead atoms. The minimum Gasteiger partial charge on any atom is -0.337 e. The van der Waals surface area contributed by atoms with Crippen molar-refractivity contribution in [3.8, 4) is 0 Å². The summed E-state index contributed by atoms with van der Waals surface area (Å²) in [4.78, 5) is 8.45. The van der Waals surface area contributed by atoms with Gasteiger partial charge in [0.05, 0.1) is 15.9 Å².